The van der Waals surface area contributed by atoms with Crippen LogP contribution in [-0.2, 0) is 9.84 Å². The van der Waals surface area contributed by atoms with Crippen molar-refractivity contribution in [2.24, 2.45) is 10.2 Å². The Morgan fingerprint density at radius 3 is 2.24 bits per heavy atom. The van der Waals surface area contributed by atoms with Gasteiger partial charge in [0.1, 0.15) is 11.4 Å². The zero-order valence-corrected chi connectivity index (χ0v) is 24.2. The lowest BCUT2D eigenvalue weighted by molar-refractivity contribution is 0.319. The minimum atomic E-state index is -3.61. The fraction of sp³-hybridized carbons (Fsp3) is 0.0741. The number of azo groups is 1. The monoisotopic (exact) mass is 622 g/mol. The molecule has 5 N–H and O–H groups in total. The molecule has 214 valence electrons. The van der Waals surface area contributed by atoms with Gasteiger partial charge >= 0.3 is 6.08 Å². The summed E-state index contributed by atoms with van der Waals surface area (Å²) >= 11 is 8.88. The molecule has 0 radical (unpaired) electrons. The predicted molar refractivity (Wildman–Crippen MR) is 165 cm³/mol. The average Bonchev–Trinajstić information content (AvgIpc) is 2.94. The molecule has 0 saturated heterocycles. The van der Waals surface area contributed by atoms with Gasteiger partial charge in [-0.15, -0.1) is 35.5 Å². The van der Waals surface area contributed by atoms with E-state index >= 15 is 0 Å². The zero-order chi connectivity index (χ0) is 29.9. The molecule has 15 heteroatoms. The maximum Gasteiger partial charge on any atom is 0.315 e. The first-order valence-corrected chi connectivity index (χ1v) is 14.8. The number of aromatic nitrogens is 3. The van der Waals surface area contributed by atoms with Crippen molar-refractivity contribution in [1.29, 1.82) is 0 Å². The second-order valence-corrected chi connectivity index (χ2v) is 12.0. The first-order chi connectivity index (χ1) is 20.1. The van der Waals surface area contributed by atoms with Crippen molar-refractivity contribution in [3.05, 3.63) is 78.9 Å². The highest BCUT2D eigenvalue weighted by Gasteiger charge is 2.14. The summed E-state index contributed by atoms with van der Waals surface area (Å²) in [7, 11) is -3.61. The van der Waals surface area contributed by atoms with Gasteiger partial charge in [-0.25, -0.2) is 8.42 Å². The molecule has 0 aliphatic rings. The van der Waals surface area contributed by atoms with Crippen LogP contribution >= 0.6 is 25.3 Å². The van der Waals surface area contributed by atoms with Crippen LogP contribution in [0.4, 0.5) is 44.7 Å². The first kappa shape index (κ1) is 29.2. The Kier molecular flexibility index (Phi) is 8.54. The number of hydrogen-bond donors (Lipinski definition) is 6. The van der Waals surface area contributed by atoms with Crippen LogP contribution in [0.25, 0.3) is 10.8 Å². The van der Waals surface area contributed by atoms with Crippen molar-refractivity contribution in [2.75, 3.05) is 28.7 Å². The summed E-state index contributed by atoms with van der Waals surface area (Å²) in [5, 5.41) is 25.1. The Hall–Kier alpha value is -4.31. The molecule has 5 aromatic rings. The van der Waals surface area contributed by atoms with Gasteiger partial charge in [-0.1, -0.05) is 12.1 Å². The molecule has 5 rings (SSSR count). The first-order valence-electron chi connectivity index (χ1n) is 12.3. The van der Waals surface area contributed by atoms with E-state index in [-0.39, 0.29) is 22.5 Å². The van der Waals surface area contributed by atoms with Crippen molar-refractivity contribution in [3.8, 4) is 0 Å². The van der Waals surface area contributed by atoms with Crippen LogP contribution in [0.1, 0.15) is 0 Å². The molecule has 1 heterocycles. The van der Waals surface area contributed by atoms with Gasteiger partial charge in [-0.2, -0.15) is 19.3 Å². The van der Waals surface area contributed by atoms with Gasteiger partial charge in [0.05, 0.1) is 22.9 Å². The Morgan fingerprint density at radius 1 is 0.857 bits per heavy atom. The number of halogens is 1. The third kappa shape index (κ3) is 6.76. The molecule has 0 unspecified atom stereocenters. The van der Waals surface area contributed by atoms with E-state index in [0.29, 0.717) is 33.3 Å². The normalized spacial score (nSPS) is 11.7. The number of nitrogen functional groups attached to an aromatic ring is 1. The van der Waals surface area contributed by atoms with E-state index < -0.39 is 22.5 Å². The van der Waals surface area contributed by atoms with Gasteiger partial charge in [-0.3, -0.25) is 0 Å². The van der Waals surface area contributed by atoms with E-state index in [2.05, 4.69) is 61.1 Å². The second kappa shape index (κ2) is 12.3. The van der Waals surface area contributed by atoms with Gasteiger partial charge in [-0.05, 0) is 66.0 Å². The van der Waals surface area contributed by atoms with Gasteiger partial charge in [0, 0.05) is 26.6 Å². The van der Waals surface area contributed by atoms with Gasteiger partial charge < -0.3 is 21.5 Å². The van der Waals surface area contributed by atoms with Crippen LogP contribution in [0, 0.1) is 6.08 Å². The highest BCUT2D eigenvalue weighted by atomic mass is 32.2. The zero-order valence-electron chi connectivity index (χ0n) is 21.6. The average molecular weight is 623 g/mol. The second-order valence-electron chi connectivity index (χ2n) is 8.88. The summed E-state index contributed by atoms with van der Waals surface area (Å²) in [5.74, 6) is -0.600. The number of nitrogens with zero attached hydrogens (tertiary/aromatic N) is 5. The van der Waals surface area contributed by atoms with Crippen molar-refractivity contribution in [1.82, 2.24) is 15.0 Å². The topological polar surface area (TPSA) is 168 Å². The van der Waals surface area contributed by atoms with Crippen LogP contribution in [0.2, 0.25) is 0 Å². The number of nitrogens with two attached hydrogens (primary N) is 1. The van der Waals surface area contributed by atoms with E-state index in [9.17, 15) is 12.8 Å². The fourth-order valence-electron chi connectivity index (χ4n) is 3.91. The number of aliphatic hydroxyl groups excluding tert-OH is 1. The number of rotatable bonds is 9. The number of anilines is 5. The Balaban J connectivity index is 1.37. The maximum atomic E-state index is 14.3. The van der Waals surface area contributed by atoms with Crippen LogP contribution in [-0.4, -0.2) is 40.8 Å². The van der Waals surface area contributed by atoms with Crippen LogP contribution in [0.5, 0.6) is 0 Å². The summed E-state index contributed by atoms with van der Waals surface area (Å²) < 4.78 is 38.5. The Bertz CT molecular complexity index is 1920. The molecule has 11 nitrogen and oxygen atoms in total. The van der Waals surface area contributed by atoms with Crippen LogP contribution in [0.3, 0.4) is 0 Å². The molecule has 0 aliphatic heterocycles. The van der Waals surface area contributed by atoms with Crippen LogP contribution < -0.4 is 16.4 Å². The number of sulfone groups is 1. The minimum absolute atomic E-state index is 0.0430. The fourth-order valence-corrected chi connectivity index (χ4v) is 5.32. The third-order valence-electron chi connectivity index (χ3n) is 5.93. The highest BCUT2D eigenvalue weighted by Crippen LogP contribution is 2.36. The minimum Gasteiger partial charge on any atom is -0.397 e. The van der Waals surface area contributed by atoms with E-state index in [4.69, 9.17) is 10.8 Å². The van der Waals surface area contributed by atoms with E-state index in [1.807, 2.05) is 24.3 Å². The lowest BCUT2D eigenvalue weighted by Crippen LogP contribution is -2.10. The number of nitrogens with one attached hydrogen (secondary N) is 2. The quantitative estimate of drug-likeness (QED) is 0.0657. The largest absolute Gasteiger partial charge is 0.397 e. The molecule has 0 aliphatic carbocycles. The number of aliphatic hydroxyl groups is 1. The van der Waals surface area contributed by atoms with Gasteiger partial charge in [0.2, 0.25) is 11.9 Å². The number of thiol groups is 2. The summed E-state index contributed by atoms with van der Waals surface area (Å²) in [6.07, 6.45) is -1.04. The number of hydrogen-bond acceptors (Lipinski definition) is 13. The molecule has 42 heavy (non-hydrogen) atoms. The molecular formula is C27H23FN8O3S3. The Morgan fingerprint density at radius 2 is 1.52 bits per heavy atom. The maximum absolute atomic E-state index is 14.3. The van der Waals surface area contributed by atoms with Gasteiger partial charge in [0.15, 0.2) is 9.84 Å². The van der Waals surface area contributed by atoms with Crippen LogP contribution in [0.15, 0.2) is 97.7 Å². The van der Waals surface area contributed by atoms with Crippen molar-refractivity contribution in [2.45, 2.75) is 14.7 Å². The number of benzene rings is 4. The SMILES string of the molecule is Nc1ccc2ccc(S)cc2c1N=Nc1cc(Nc2nc(F)nc(Nc3ccc(S(=O)(=O)CCO)cc3)n2)ccc1S. The predicted octanol–water partition coefficient (Wildman–Crippen LogP) is 5.99. The standard InChI is InChI=1S/C27H23FN8O3S3/c28-25-32-26(30-16-3-7-19(8-4-16)42(38,39)12-11-37)34-27(33-25)31-17-5-10-23(41)22(13-17)35-36-24-20-14-18(40)6-1-15(20)2-9-21(24)29/h1-10,13-14,37,40-41H,11-12,29H2,(H2,30,31,32,33,34). The summed E-state index contributed by atoms with van der Waals surface area (Å²) in [6, 6.07) is 20.0. The van der Waals surface area contributed by atoms with Crippen molar-refractivity contribution in [3.63, 3.8) is 0 Å². The summed E-state index contributed by atoms with van der Waals surface area (Å²) in [5.41, 5.74) is 8.41. The molecule has 0 fully saturated rings. The molecule has 0 bridgehead atoms. The molecule has 0 atom stereocenters. The van der Waals surface area contributed by atoms with Crippen molar-refractivity contribution >= 4 is 86.2 Å². The van der Waals surface area contributed by atoms with E-state index in [0.717, 1.165) is 15.7 Å². The molecular weight excluding hydrogens is 600 g/mol. The van der Waals surface area contributed by atoms with E-state index in [1.54, 1.807) is 24.3 Å². The van der Waals surface area contributed by atoms with E-state index in [1.165, 1.54) is 24.3 Å². The van der Waals surface area contributed by atoms with Crippen molar-refractivity contribution < 1.29 is 17.9 Å². The summed E-state index contributed by atoms with van der Waals surface area (Å²) in [6.45, 7) is -0.487. The third-order valence-corrected chi connectivity index (χ3v) is 8.30. The molecule has 1 aromatic heterocycles. The summed E-state index contributed by atoms with van der Waals surface area (Å²) in [4.78, 5) is 12.9. The Labute approximate surface area is 250 Å². The lowest BCUT2D eigenvalue weighted by Gasteiger charge is -2.10. The molecule has 0 spiro atoms. The molecule has 0 saturated carbocycles. The molecule has 4 aromatic carbocycles. The van der Waals surface area contributed by atoms with Gasteiger partial charge in [0.25, 0.3) is 0 Å². The highest BCUT2D eigenvalue weighted by molar-refractivity contribution is 7.91. The lowest BCUT2D eigenvalue weighted by atomic mass is 10.1. The smallest absolute Gasteiger partial charge is 0.315 e. The number of fused-ring (bicyclic) bond motifs is 1. The molecule has 0 amide bonds.